The van der Waals surface area contributed by atoms with Crippen LogP contribution in [0.5, 0.6) is 5.75 Å². The summed E-state index contributed by atoms with van der Waals surface area (Å²) in [5, 5.41) is 9.71. The number of nitrogens with zero attached hydrogens (tertiary/aromatic N) is 2. The van der Waals surface area contributed by atoms with Crippen LogP contribution in [0.4, 0.5) is 11.4 Å². The highest BCUT2D eigenvalue weighted by atomic mass is 16.3. The lowest BCUT2D eigenvalue weighted by Crippen LogP contribution is -2.50. The van der Waals surface area contributed by atoms with Crippen molar-refractivity contribution in [2.24, 2.45) is 5.41 Å². The predicted octanol–water partition coefficient (Wildman–Crippen LogP) is 2.53. The minimum Gasteiger partial charge on any atom is -0.508 e. The molecular weight excluding hydrogens is 268 g/mol. The fourth-order valence-electron chi connectivity index (χ4n) is 3.07. The van der Waals surface area contributed by atoms with E-state index >= 15 is 0 Å². The summed E-state index contributed by atoms with van der Waals surface area (Å²) in [5.41, 5.74) is 0.207. The molecule has 1 N–H and O–H groups in total. The number of hydrogen-bond acceptors (Lipinski definition) is 3. The lowest BCUT2D eigenvalue weighted by atomic mass is 9.79. The van der Waals surface area contributed by atoms with E-state index in [2.05, 4.69) is 0 Å². The zero-order valence-corrected chi connectivity index (χ0v) is 13.0. The van der Waals surface area contributed by atoms with Crippen molar-refractivity contribution < 1.29 is 14.7 Å². The third-order valence-corrected chi connectivity index (χ3v) is 4.50. The maximum absolute atomic E-state index is 13.0. The van der Waals surface area contributed by atoms with Crippen LogP contribution in [-0.4, -0.2) is 30.5 Å². The van der Waals surface area contributed by atoms with Gasteiger partial charge in [-0.05, 0) is 31.9 Å². The normalized spacial score (nSPS) is 17.7. The first kappa shape index (κ1) is 15.4. The van der Waals surface area contributed by atoms with Gasteiger partial charge in [-0.25, -0.2) is 0 Å². The standard InChI is InChI=1S/C16H22N2O3/c1-5-16(6-2)14(20)17(4)13-10-11(19)8-9-12(13)18(7-3)15(16)21/h8-10,19H,5-7H2,1-4H3. The van der Waals surface area contributed by atoms with Crippen molar-refractivity contribution >= 4 is 23.2 Å². The SMILES string of the molecule is CCN1C(=O)C(CC)(CC)C(=O)N(C)c2cc(O)ccc21. The van der Waals surface area contributed by atoms with Crippen LogP contribution in [0.3, 0.4) is 0 Å². The second-order valence-electron chi connectivity index (χ2n) is 5.38. The van der Waals surface area contributed by atoms with Gasteiger partial charge in [-0.1, -0.05) is 13.8 Å². The van der Waals surface area contributed by atoms with Crippen molar-refractivity contribution in [1.82, 2.24) is 0 Å². The Kier molecular flexibility index (Phi) is 3.94. The van der Waals surface area contributed by atoms with Crippen molar-refractivity contribution in [3.05, 3.63) is 18.2 Å². The number of carbonyl (C=O) groups is 2. The van der Waals surface area contributed by atoms with E-state index < -0.39 is 5.41 Å². The molecule has 1 aliphatic rings. The van der Waals surface area contributed by atoms with Gasteiger partial charge in [0, 0.05) is 19.7 Å². The van der Waals surface area contributed by atoms with E-state index in [1.807, 2.05) is 20.8 Å². The van der Waals surface area contributed by atoms with Crippen molar-refractivity contribution in [3.8, 4) is 5.75 Å². The van der Waals surface area contributed by atoms with Gasteiger partial charge in [-0.3, -0.25) is 9.59 Å². The average Bonchev–Trinajstić information content (AvgIpc) is 2.55. The summed E-state index contributed by atoms with van der Waals surface area (Å²) in [5.74, 6) is -0.283. The van der Waals surface area contributed by atoms with Crippen LogP contribution in [0.2, 0.25) is 0 Å². The maximum Gasteiger partial charge on any atom is 0.242 e. The molecule has 0 atom stereocenters. The van der Waals surface area contributed by atoms with Gasteiger partial charge in [0.05, 0.1) is 11.4 Å². The number of amides is 2. The molecule has 0 bridgehead atoms. The number of rotatable bonds is 3. The Morgan fingerprint density at radius 2 is 1.67 bits per heavy atom. The Labute approximate surface area is 125 Å². The topological polar surface area (TPSA) is 60.9 Å². The van der Waals surface area contributed by atoms with E-state index in [0.29, 0.717) is 30.8 Å². The molecule has 1 heterocycles. The first-order chi connectivity index (χ1) is 9.92. The van der Waals surface area contributed by atoms with Crippen LogP contribution in [0.1, 0.15) is 33.6 Å². The lowest BCUT2D eigenvalue weighted by molar-refractivity contribution is -0.140. The third-order valence-electron chi connectivity index (χ3n) is 4.50. The number of anilines is 2. The molecule has 0 unspecified atom stereocenters. The van der Waals surface area contributed by atoms with E-state index in [4.69, 9.17) is 0 Å². The molecule has 1 aromatic carbocycles. The van der Waals surface area contributed by atoms with Gasteiger partial charge in [0.15, 0.2) is 0 Å². The van der Waals surface area contributed by atoms with Crippen LogP contribution >= 0.6 is 0 Å². The Bertz CT molecular complexity index is 579. The summed E-state index contributed by atoms with van der Waals surface area (Å²) in [6.45, 7) is 6.11. The zero-order valence-electron chi connectivity index (χ0n) is 13.0. The molecule has 0 aromatic heterocycles. The second-order valence-corrected chi connectivity index (χ2v) is 5.38. The fourth-order valence-corrected chi connectivity index (χ4v) is 3.07. The molecular formula is C16H22N2O3. The van der Waals surface area contributed by atoms with Gasteiger partial charge in [0.1, 0.15) is 11.2 Å². The van der Waals surface area contributed by atoms with Gasteiger partial charge in [-0.15, -0.1) is 0 Å². The van der Waals surface area contributed by atoms with Gasteiger partial charge < -0.3 is 14.9 Å². The molecule has 1 aliphatic heterocycles. The summed E-state index contributed by atoms with van der Waals surface area (Å²) >= 11 is 0. The van der Waals surface area contributed by atoms with E-state index in [1.54, 1.807) is 18.0 Å². The summed E-state index contributed by atoms with van der Waals surface area (Å²) in [6, 6.07) is 4.76. The highest BCUT2D eigenvalue weighted by molar-refractivity contribution is 6.20. The highest BCUT2D eigenvalue weighted by Gasteiger charge is 2.49. The molecule has 2 amide bonds. The van der Waals surface area contributed by atoms with Gasteiger partial charge in [0.2, 0.25) is 11.8 Å². The van der Waals surface area contributed by atoms with Crippen LogP contribution in [0.15, 0.2) is 18.2 Å². The summed E-state index contributed by atoms with van der Waals surface area (Å²) in [6.07, 6.45) is 0.921. The molecule has 0 radical (unpaired) electrons. The summed E-state index contributed by atoms with van der Waals surface area (Å²) < 4.78 is 0. The molecule has 114 valence electrons. The van der Waals surface area contributed by atoms with Gasteiger partial charge >= 0.3 is 0 Å². The lowest BCUT2D eigenvalue weighted by Gasteiger charge is -2.32. The predicted molar refractivity (Wildman–Crippen MR) is 82.6 cm³/mol. The quantitative estimate of drug-likeness (QED) is 0.870. The average molecular weight is 290 g/mol. The fraction of sp³-hybridized carbons (Fsp3) is 0.500. The number of phenols is 1. The minimum absolute atomic E-state index is 0.0809. The number of carbonyl (C=O) groups excluding carboxylic acids is 2. The summed E-state index contributed by atoms with van der Waals surface area (Å²) in [7, 11) is 1.66. The number of phenolic OH excluding ortho intramolecular Hbond substituents is 1. The van der Waals surface area contributed by atoms with E-state index in [1.165, 1.54) is 17.0 Å². The minimum atomic E-state index is -1.03. The number of aromatic hydroxyl groups is 1. The molecule has 2 rings (SSSR count). The van der Waals surface area contributed by atoms with Crippen LogP contribution in [0.25, 0.3) is 0 Å². The van der Waals surface area contributed by atoms with E-state index in [0.717, 1.165) is 0 Å². The van der Waals surface area contributed by atoms with Crippen molar-refractivity contribution in [1.29, 1.82) is 0 Å². The van der Waals surface area contributed by atoms with Crippen molar-refractivity contribution in [2.75, 3.05) is 23.4 Å². The third kappa shape index (κ3) is 2.07. The zero-order chi connectivity index (χ0) is 15.8. The first-order valence-corrected chi connectivity index (χ1v) is 7.36. The van der Waals surface area contributed by atoms with E-state index in [9.17, 15) is 14.7 Å². The smallest absolute Gasteiger partial charge is 0.242 e. The molecule has 5 nitrogen and oxygen atoms in total. The van der Waals surface area contributed by atoms with Crippen molar-refractivity contribution in [3.63, 3.8) is 0 Å². The molecule has 21 heavy (non-hydrogen) atoms. The Balaban J connectivity index is 2.72. The molecule has 0 spiro atoms. The van der Waals surface area contributed by atoms with Crippen LogP contribution in [0, 0.1) is 5.41 Å². The number of benzene rings is 1. The Morgan fingerprint density at radius 3 is 2.19 bits per heavy atom. The van der Waals surface area contributed by atoms with Crippen molar-refractivity contribution in [2.45, 2.75) is 33.6 Å². The number of hydrogen-bond donors (Lipinski definition) is 1. The molecule has 0 saturated carbocycles. The van der Waals surface area contributed by atoms with Crippen LogP contribution < -0.4 is 9.80 Å². The molecule has 0 fully saturated rings. The van der Waals surface area contributed by atoms with Gasteiger partial charge in [-0.2, -0.15) is 0 Å². The molecule has 0 aliphatic carbocycles. The summed E-state index contributed by atoms with van der Waals surface area (Å²) in [4.78, 5) is 29.0. The second kappa shape index (κ2) is 5.39. The Hall–Kier alpha value is -2.04. The Morgan fingerprint density at radius 1 is 1.05 bits per heavy atom. The van der Waals surface area contributed by atoms with Crippen LogP contribution in [-0.2, 0) is 9.59 Å². The first-order valence-electron chi connectivity index (χ1n) is 7.36. The molecule has 0 saturated heterocycles. The van der Waals surface area contributed by atoms with Gasteiger partial charge in [0.25, 0.3) is 0 Å². The maximum atomic E-state index is 13.0. The van der Waals surface area contributed by atoms with E-state index in [-0.39, 0.29) is 17.6 Å². The molecule has 5 heteroatoms. The largest absolute Gasteiger partial charge is 0.508 e. The number of fused-ring (bicyclic) bond motifs is 1. The monoisotopic (exact) mass is 290 g/mol. The molecule has 1 aromatic rings. The highest BCUT2D eigenvalue weighted by Crippen LogP contribution is 2.42.